The highest BCUT2D eigenvalue weighted by atomic mass is 32.2. The third-order valence-electron chi connectivity index (χ3n) is 6.85. The fraction of sp³-hybridized carbons (Fsp3) is 0.188. The lowest BCUT2D eigenvalue weighted by atomic mass is 9.98. The lowest BCUT2D eigenvalue weighted by Crippen LogP contribution is -2.30. The van der Waals surface area contributed by atoms with Crippen LogP contribution in [0.15, 0.2) is 102 Å². The van der Waals surface area contributed by atoms with Crippen molar-refractivity contribution in [3.8, 4) is 16.9 Å². The summed E-state index contributed by atoms with van der Waals surface area (Å²) in [6.45, 7) is 2.81. The summed E-state index contributed by atoms with van der Waals surface area (Å²) >= 11 is 0. The van der Waals surface area contributed by atoms with Crippen molar-refractivity contribution < 1.29 is 17.9 Å². The lowest BCUT2D eigenvalue weighted by molar-refractivity contribution is 0.0982. The molecule has 0 fully saturated rings. The second-order valence-electron chi connectivity index (χ2n) is 9.56. The van der Waals surface area contributed by atoms with Gasteiger partial charge in [0, 0.05) is 24.6 Å². The number of sulfonamides is 1. The van der Waals surface area contributed by atoms with E-state index in [1.807, 2.05) is 54.6 Å². The molecule has 0 saturated heterocycles. The summed E-state index contributed by atoms with van der Waals surface area (Å²) < 4.78 is 35.4. The molecule has 0 aliphatic carbocycles. The van der Waals surface area contributed by atoms with E-state index in [0.29, 0.717) is 12.1 Å². The molecule has 1 N–H and O–H groups in total. The summed E-state index contributed by atoms with van der Waals surface area (Å²) in [5.41, 5.74) is 4.79. The number of aryl methyl sites for hydroxylation is 1. The Morgan fingerprint density at radius 2 is 1.65 bits per heavy atom. The van der Waals surface area contributed by atoms with Gasteiger partial charge in [-0.2, -0.15) is 0 Å². The number of imidazole rings is 1. The van der Waals surface area contributed by atoms with E-state index in [1.54, 1.807) is 37.4 Å². The fourth-order valence-electron chi connectivity index (χ4n) is 4.72. The van der Waals surface area contributed by atoms with Crippen LogP contribution in [0.2, 0.25) is 0 Å². The lowest BCUT2D eigenvalue weighted by Gasteiger charge is -2.13. The Morgan fingerprint density at radius 1 is 0.925 bits per heavy atom. The van der Waals surface area contributed by atoms with Crippen LogP contribution in [0.3, 0.4) is 0 Å². The summed E-state index contributed by atoms with van der Waals surface area (Å²) in [7, 11) is -2.33. The van der Waals surface area contributed by atoms with Crippen LogP contribution in [0.5, 0.6) is 5.75 Å². The molecule has 4 aromatic carbocycles. The van der Waals surface area contributed by atoms with Crippen LogP contribution < -0.4 is 9.46 Å². The van der Waals surface area contributed by atoms with E-state index < -0.39 is 15.9 Å². The first-order valence-electron chi connectivity index (χ1n) is 13.2. The Hall–Kier alpha value is -4.43. The van der Waals surface area contributed by atoms with Gasteiger partial charge in [-0.3, -0.25) is 4.79 Å². The minimum Gasteiger partial charge on any atom is -0.497 e. The van der Waals surface area contributed by atoms with Crippen molar-refractivity contribution >= 4 is 27.0 Å². The van der Waals surface area contributed by atoms with Crippen molar-refractivity contribution in [2.24, 2.45) is 0 Å². The minimum atomic E-state index is -3.99. The highest BCUT2D eigenvalue weighted by molar-refractivity contribution is 7.90. The molecule has 1 aromatic heterocycles. The SMILES string of the molecule is CCCCc1nc2ccc(OC)cc2n1Cc1ccc(-c2ccccc2C(=O)NS(=O)(=O)c2ccccc2)cc1. The molecule has 0 radical (unpaired) electrons. The van der Waals surface area contributed by atoms with Crippen LogP contribution in [0, 0.1) is 0 Å². The third kappa shape index (κ3) is 5.77. The molecular weight excluding hydrogens is 522 g/mol. The van der Waals surface area contributed by atoms with Gasteiger partial charge in [-0.25, -0.2) is 18.1 Å². The number of carbonyl (C=O) groups is 1. The fourth-order valence-corrected chi connectivity index (χ4v) is 5.71. The second-order valence-corrected chi connectivity index (χ2v) is 11.2. The molecule has 1 amide bonds. The predicted molar refractivity (Wildman–Crippen MR) is 157 cm³/mol. The molecule has 0 aliphatic rings. The number of hydrogen-bond donors (Lipinski definition) is 1. The Morgan fingerprint density at radius 3 is 2.38 bits per heavy atom. The quantitative estimate of drug-likeness (QED) is 0.222. The van der Waals surface area contributed by atoms with Crippen LogP contribution in [0.1, 0.15) is 41.5 Å². The first-order chi connectivity index (χ1) is 19.4. The third-order valence-corrected chi connectivity index (χ3v) is 8.19. The number of nitrogens with zero attached hydrogens (tertiary/aromatic N) is 2. The number of fused-ring (bicyclic) bond motifs is 1. The molecule has 7 nitrogen and oxygen atoms in total. The Balaban J connectivity index is 1.42. The average molecular weight is 554 g/mol. The van der Waals surface area contributed by atoms with E-state index in [2.05, 4.69) is 16.2 Å². The van der Waals surface area contributed by atoms with Gasteiger partial charge >= 0.3 is 0 Å². The van der Waals surface area contributed by atoms with E-state index in [0.717, 1.165) is 53.0 Å². The van der Waals surface area contributed by atoms with E-state index in [-0.39, 0.29) is 10.5 Å². The molecule has 0 atom stereocenters. The number of aromatic nitrogens is 2. The molecular formula is C32H31N3O4S. The Kier molecular flexibility index (Phi) is 7.98. The highest BCUT2D eigenvalue weighted by Gasteiger charge is 2.21. The average Bonchev–Trinajstić information content (AvgIpc) is 3.32. The maximum absolute atomic E-state index is 13.1. The molecule has 5 aromatic rings. The van der Waals surface area contributed by atoms with E-state index in [4.69, 9.17) is 9.72 Å². The number of rotatable bonds is 10. The zero-order chi connectivity index (χ0) is 28.1. The normalized spacial score (nSPS) is 11.4. The number of unbranched alkanes of at least 4 members (excludes halogenated alkanes) is 1. The summed E-state index contributed by atoms with van der Waals surface area (Å²) in [4.78, 5) is 18.0. The van der Waals surface area contributed by atoms with Crippen molar-refractivity contribution in [2.75, 3.05) is 7.11 Å². The van der Waals surface area contributed by atoms with Gasteiger partial charge in [-0.05, 0) is 53.4 Å². The number of ether oxygens (including phenoxy) is 1. The first-order valence-corrected chi connectivity index (χ1v) is 14.7. The maximum Gasteiger partial charge on any atom is 0.265 e. The van der Waals surface area contributed by atoms with E-state index in [9.17, 15) is 13.2 Å². The topological polar surface area (TPSA) is 90.3 Å². The molecule has 204 valence electrons. The molecule has 40 heavy (non-hydrogen) atoms. The standard InChI is InChI=1S/C32H31N3O4S/c1-3-4-14-31-33-29-20-19-25(39-2)21-30(29)35(31)22-23-15-17-24(18-16-23)27-12-8-9-13-28(27)32(36)34-40(37,38)26-10-6-5-7-11-26/h5-13,15-21H,3-4,14,22H2,1-2H3,(H,34,36). The second kappa shape index (κ2) is 11.8. The van der Waals surface area contributed by atoms with Crippen molar-refractivity contribution in [3.05, 3.63) is 114 Å². The molecule has 5 rings (SSSR count). The number of hydrogen-bond acceptors (Lipinski definition) is 5. The largest absolute Gasteiger partial charge is 0.497 e. The van der Waals surface area contributed by atoms with Crippen LogP contribution in [0.4, 0.5) is 0 Å². The van der Waals surface area contributed by atoms with Crippen LogP contribution >= 0.6 is 0 Å². The van der Waals surface area contributed by atoms with E-state index in [1.165, 1.54) is 12.1 Å². The molecule has 0 unspecified atom stereocenters. The first kappa shape index (κ1) is 27.1. The number of benzene rings is 4. The zero-order valence-electron chi connectivity index (χ0n) is 22.5. The summed E-state index contributed by atoms with van der Waals surface area (Å²) in [6.07, 6.45) is 3.03. The molecule has 8 heteroatoms. The number of nitrogens with one attached hydrogen (secondary N) is 1. The zero-order valence-corrected chi connectivity index (χ0v) is 23.3. The van der Waals surface area contributed by atoms with Crippen molar-refractivity contribution in [3.63, 3.8) is 0 Å². The molecule has 0 saturated carbocycles. The van der Waals surface area contributed by atoms with Gasteiger partial charge in [-0.15, -0.1) is 0 Å². The molecule has 0 aliphatic heterocycles. The number of carbonyl (C=O) groups excluding carboxylic acids is 1. The molecule has 1 heterocycles. The summed E-state index contributed by atoms with van der Waals surface area (Å²) in [6, 6.07) is 28.8. The summed E-state index contributed by atoms with van der Waals surface area (Å²) in [5.74, 6) is 1.15. The van der Waals surface area contributed by atoms with Crippen LogP contribution in [0.25, 0.3) is 22.2 Å². The maximum atomic E-state index is 13.1. The van der Waals surface area contributed by atoms with Gasteiger partial charge in [0.2, 0.25) is 0 Å². The molecule has 0 bridgehead atoms. The van der Waals surface area contributed by atoms with Gasteiger partial charge in [0.05, 0.1) is 23.0 Å². The van der Waals surface area contributed by atoms with Crippen molar-refractivity contribution in [2.45, 2.75) is 37.6 Å². The monoisotopic (exact) mass is 553 g/mol. The Bertz CT molecular complexity index is 1740. The van der Waals surface area contributed by atoms with Gasteiger partial charge in [-0.1, -0.05) is 74.0 Å². The predicted octanol–water partition coefficient (Wildman–Crippen LogP) is 6.22. The van der Waals surface area contributed by atoms with Crippen molar-refractivity contribution in [1.29, 1.82) is 0 Å². The van der Waals surface area contributed by atoms with Gasteiger partial charge < -0.3 is 9.30 Å². The van der Waals surface area contributed by atoms with E-state index >= 15 is 0 Å². The van der Waals surface area contributed by atoms with Crippen LogP contribution in [-0.2, 0) is 23.0 Å². The number of methoxy groups -OCH3 is 1. The van der Waals surface area contributed by atoms with Gasteiger partial charge in [0.25, 0.3) is 15.9 Å². The number of amides is 1. The molecule has 0 spiro atoms. The van der Waals surface area contributed by atoms with Gasteiger partial charge in [0.15, 0.2) is 0 Å². The smallest absolute Gasteiger partial charge is 0.265 e. The minimum absolute atomic E-state index is 0.0353. The van der Waals surface area contributed by atoms with Crippen LogP contribution in [-0.4, -0.2) is 31.0 Å². The highest BCUT2D eigenvalue weighted by Crippen LogP contribution is 2.27. The van der Waals surface area contributed by atoms with Crippen molar-refractivity contribution in [1.82, 2.24) is 14.3 Å². The summed E-state index contributed by atoms with van der Waals surface area (Å²) in [5, 5.41) is 0. The van der Waals surface area contributed by atoms with Gasteiger partial charge in [0.1, 0.15) is 11.6 Å². The Labute approximate surface area is 234 Å².